The van der Waals surface area contributed by atoms with Crippen molar-refractivity contribution in [3.63, 3.8) is 0 Å². The number of ether oxygens (including phenoxy) is 1. The summed E-state index contributed by atoms with van der Waals surface area (Å²) in [4.78, 5) is 4.65. The van der Waals surface area contributed by atoms with E-state index in [9.17, 15) is 0 Å². The highest BCUT2D eigenvalue weighted by Crippen LogP contribution is 2.25. The van der Waals surface area contributed by atoms with Crippen LogP contribution in [-0.2, 0) is 11.2 Å². The Bertz CT molecular complexity index is 541. The van der Waals surface area contributed by atoms with Gasteiger partial charge in [0.05, 0.1) is 23.7 Å². The van der Waals surface area contributed by atoms with E-state index in [0.29, 0.717) is 12.5 Å². The predicted molar refractivity (Wildman–Crippen MR) is 78.4 cm³/mol. The summed E-state index contributed by atoms with van der Waals surface area (Å²) >= 11 is 9.36. The lowest BCUT2D eigenvalue weighted by Crippen LogP contribution is -2.14. The van der Waals surface area contributed by atoms with Gasteiger partial charge in [-0.2, -0.15) is 0 Å². The van der Waals surface area contributed by atoms with Crippen LogP contribution in [0.3, 0.4) is 0 Å². The van der Waals surface area contributed by atoms with Crippen molar-refractivity contribution in [3.8, 4) is 0 Å². The smallest absolute Gasteiger partial charge is 0.111 e. The molecule has 5 heteroatoms. The quantitative estimate of drug-likeness (QED) is 0.780. The normalized spacial score (nSPS) is 13.1. The summed E-state index contributed by atoms with van der Waals surface area (Å²) in [6.45, 7) is 2.79. The summed E-state index contributed by atoms with van der Waals surface area (Å²) < 4.78 is 8.51. The molecule has 0 aliphatic carbocycles. The summed E-state index contributed by atoms with van der Waals surface area (Å²) in [5, 5.41) is 0. The first-order valence-corrected chi connectivity index (χ1v) is 7.21. The van der Waals surface area contributed by atoms with E-state index in [1.54, 1.807) is 7.11 Å². The molecule has 1 aromatic heterocycles. The van der Waals surface area contributed by atoms with E-state index in [2.05, 4.69) is 38.5 Å². The molecule has 0 amide bonds. The molecule has 0 aliphatic rings. The van der Waals surface area contributed by atoms with Crippen LogP contribution < -0.4 is 0 Å². The number of nitrogens with zero attached hydrogens (tertiary/aromatic N) is 2. The number of aromatic nitrogens is 2. The van der Waals surface area contributed by atoms with E-state index in [1.807, 2.05) is 12.1 Å². The van der Waals surface area contributed by atoms with Gasteiger partial charge in [0.1, 0.15) is 5.82 Å². The maximum absolute atomic E-state index is 5.85. The topological polar surface area (TPSA) is 27.1 Å². The summed E-state index contributed by atoms with van der Waals surface area (Å²) in [5.41, 5.74) is 2.12. The van der Waals surface area contributed by atoms with E-state index in [0.717, 1.165) is 27.8 Å². The van der Waals surface area contributed by atoms with E-state index in [4.69, 9.17) is 16.3 Å². The van der Waals surface area contributed by atoms with Gasteiger partial charge in [0.15, 0.2) is 0 Å². The third-order valence-corrected chi connectivity index (χ3v) is 3.57. The maximum atomic E-state index is 5.85. The summed E-state index contributed by atoms with van der Waals surface area (Å²) in [7, 11) is 1.72. The Morgan fingerprint density at radius 3 is 2.94 bits per heavy atom. The molecule has 1 unspecified atom stereocenters. The monoisotopic (exact) mass is 330 g/mol. The Kier molecular flexibility index (Phi) is 4.65. The van der Waals surface area contributed by atoms with Gasteiger partial charge < -0.3 is 9.30 Å². The van der Waals surface area contributed by atoms with Crippen molar-refractivity contribution in [1.82, 2.24) is 9.55 Å². The molecule has 18 heavy (non-hydrogen) atoms. The number of methoxy groups -OCH3 is 1. The minimum Gasteiger partial charge on any atom is -0.383 e. The SMILES string of the molecule is COCC(C)n1c(CCCl)nc2ccc(Br)cc21. The summed E-state index contributed by atoms with van der Waals surface area (Å²) in [5.74, 6) is 1.59. The lowest BCUT2D eigenvalue weighted by Gasteiger charge is -2.16. The number of benzene rings is 1. The average Bonchev–Trinajstić information content (AvgIpc) is 2.67. The zero-order valence-electron chi connectivity index (χ0n) is 10.5. The van der Waals surface area contributed by atoms with Crippen LogP contribution in [0.2, 0.25) is 0 Å². The Morgan fingerprint density at radius 1 is 1.50 bits per heavy atom. The van der Waals surface area contributed by atoms with Gasteiger partial charge in [0, 0.05) is 23.9 Å². The molecule has 1 aromatic carbocycles. The largest absolute Gasteiger partial charge is 0.383 e. The van der Waals surface area contributed by atoms with Gasteiger partial charge in [0.25, 0.3) is 0 Å². The molecule has 98 valence electrons. The van der Waals surface area contributed by atoms with Crippen LogP contribution in [0, 0.1) is 0 Å². The zero-order valence-corrected chi connectivity index (χ0v) is 12.8. The second kappa shape index (κ2) is 6.04. The Labute approximate surface area is 120 Å². The molecule has 1 heterocycles. The molecule has 0 spiro atoms. The van der Waals surface area contributed by atoms with Crippen molar-refractivity contribution in [2.45, 2.75) is 19.4 Å². The molecule has 2 rings (SSSR count). The van der Waals surface area contributed by atoms with Crippen molar-refractivity contribution >= 4 is 38.6 Å². The van der Waals surface area contributed by atoms with Gasteiger partial charge in [-0.05, 0) is 25.1 Å². The van der Waals surface area contributed by atoms with Gasteiger partial charge in [-0.3, -0.25) is 0 Å². The number of halogens is 2. The highest BCUT2D eigenvalue weighted by molar-refractivity contribution is 9.10. The molecule has 0 aliphatic heterocycles. The van der Waals surface area contributed by atoms with Crippen LogP contribution in [0.5, 0.6) is 0 Å². The number of rotatable bonds is 5. The summed E-state index contributed by atoms with van der Waals surface area (Å²) in [6.07, 6.45) is 0.766. The fraction of sp³-hybridized carbons (Fsp3) is 0.462. The first-order valence-electron chi connectivity index (χ1n) is 5.88. The van der Waals surface area contributed by atoms with Crippen LogP contribution in [0.15, 0.2) is 22.7 Å². The third kappa shape index (κ3) is 2.71. The highest BCUT2D eigenvalue weighted by atomic mass is 79.9. The molecule has 1 atom stereocenters. The van der Waals surface area contributed by atoms with E-state index >= 15 is 0 Å². The molecule has 2 aromatic rings. The first kappa shape index (κ1) is 13.8. The van der Waals surface area contributed by atoms with Crippen molar-refractivity contribution in [2.75, 3.05) is 19.6 Å². The predicted octanol–water partition coefficient (Wildman–Crippen LogP) is 3.79. The number of imidazole rings is 1. The second-order valence-corrected chi connectivity index (χ2v) is 5.57. The van der Waals surface area contributed by atoms with Gasteiger partial charge in [-0.15, -0.1) is 11.6 Å². The Balaban J connectivity index is 2.56. The molecule has 0 saturated heterocycles. The fourth-order valence-corrected chi connectivity index (χ4v) is 2.70. The standard InChI is InChI=1S/C13H16BrClN2O/c1-9(8-18-2)17-12-7-10(14)3-4-11(12)16-13(17)5-6-15/h3-4,7,9H,5-6,8H2,1-2H3. The maximum Gasteiger partial charge on any atom is 0.111 e. The third-order valence-electron chi connectivity index (χ3n) is 2.89. The van der Waals surface area contributed by atoms with Crippen LogP contribution in [0.25, 0.3) is 11.0 Å². The molecule has 3 nitrogen and oxygen atoms in total. The highest BCUT2D eigenvalue weighted by Gasteiger charge is 2.15. The van der Waals surface area contributed by atoms with E-state index < -0.39 is 0 Å². The van der Waals surface area contributed by atoms with Gasteiger partial charge in [0.2, 0.25) is 0 Å². The van der Waals surface area contributed by atoms with Gasteiger partial charge in [-0.1, -0.05) is 15.9 Å². The molecular formula is C13H16BrClN2O. The van der Waals surface area contributed by atoms with E-state index in [1.165, 1.54) is 0 Å². The molecular weight excluding hydrogens is 316 g/mol. The molecule has 0 fully saturated rings. The second-order valence-electron chi connectivity index (χ2n) is 4.27. The van der Waals surface area contributed by atoms with Crippen LogP contribution in [-0.4, -0.2) is 29.1 Å². The number of fused-ring (bicyclic) bond motifs is 1. The van der Waals surface area contributed by atoms with Crippen molar-refractivity contribution in [1.29, 1.82) is 0 Å². The Hall–Kier alpha value is -0.580. The molecule has 0 radical (unpaired) electrons. The van der Waals surface area contributed by atoms with Crippen molar-refractivity contribution < 1.29 is 4.74 Å². The molecule has 0 saturated carbocycles. The minimum atomic E-state index is 0.243. The number of hydrogen-bond acceptors (Lipinski definition) is 2. The average molecular weight is 332 g/mol. The number of hydrogen-bond donors (Lipinski definition) is 0. The van der Waals surface area contributed by atoms with Crippen molar-refractivity contribution in [3.05, 3.63) is 28.5 Å². The fourth-order valence-electron chi connectivity index (χ4n) is 2.18. The van der Waals surface area contributed by atoms with Crippen molar-refractivity contribution in [2.24, 2.45) is 0 Å². The minimum absolute atomic E-state index is 0.243. The van der Waals surface area contributed by atoms with Gasteiger partial charge in [-0.25, -0.2) is 4.98 Å². The summed E-state index contributed by atoms with van der Waals surface area (Å²) in [6, 6.07) is 6.36. The lowest BCUT2D eigenvalue weighted by molar-refractivity contribution is 0.162. The van der Waals surface area contributed by atoms with Gasteiger partial charge >= 0.3 is 0 Å². The van der Waals surface area contributed by atoms with Crippen LogP contribution >= 0.6 is 27.5 Å². The number of aryl methyl sites for hydroxylation is 1. The Morgan fingerprint density at radius 2 is 2.28 bits per heavy atom. The molecule has 0 bridgehead atoms. The molecule has 0 N–H and O–H groups in total. The van der Waals surface area contributed by atoms with E-state index in [-0.39, 0.29) is 6.04 Å². The first-order chi connectivity index (χ1) is 8.67. The zero-order chi connectivity index (χ0) is 13.1. The van der Waals surface area contributed by atoms with Crippen LogP contribution in [0.1, 0.15) is 18.8 Å². The lowest BCUT2D eigenvalue weighted by atomic mass is 10.2. The van der Waals surface area contributed by atoms with Crippen LogP contribution in [0.4, 0.5) is 0 Å². The number of alkyl halides is 1.